The monoisotopic (exact) mass is 330 g/mol. The Labute approximate surface area is 142 Å². The Kier molecular flexibility index (Phi) is 5.78. The van der Waals surface area contributed by atoms with Crippen LogP contribution >= 0.6 is 0 Å². The van der Waals surface area contributed by atoms with E-state index in [0.717, 1.165) is 28.6 Å². The summed E-state index contributed by atoms with van der Waals surface area (Å²) in [5, 5.41) is 3.83. The molecule has 0 unspecified atom stereocenters. The van der Waals surface area contributed by atoms with E-state index in [1.807, 2.05) is 51.7 Å². The fourth-order valence-electron chi connectivity index (χ4n) is 2.70. The fraction of sp³-hybridized carbons (Fsp3) is 0.474. The van der Waals surface area contributed by atoms with Gasteiger partial charge in [0.15, 0.2) is 0 Å². The molecule has 0 aliphatic rings. The molecule has 0 aliphatic carbocycles. The molecule has 2 aromatic rings. The van der Waals surface area contributed by atoms with Gasteiger partial charge in [-0.15, -0.1) is 0 Å². The van der Waals surface area contributed by atoms with Crippen molar-refractivity contribution in [3.63, 3.8) is 0 Å². The minimum Gasteiger partial charge on any atom is -0.423 e. The van der Waals surface area contributed by atoms with E-state index in [9.17, 15) is 9.59 Å². The van der Waals surface area contributed by atoms with Crippen LogP contribution in [0.3, 0.4) is 0 Å². The SMILES string of the molecule is CCN(CC(=O)NC(C)C)Cc1cc(=O)oc2cc(C)c(C)cc12. The highest BCUT2D eigenvalue weighted by atomic mass is 16.4. The van der Waals surface area contributed by atoms with E-state index in [1.165, 1.54) is 6.07 Å². The van der Waals surface area contributed by atoms with Crippen LogP contribution in [0, 0.1) is 13.8 Å². The van der Waals surface area contributed by atoms with Gasteiger partial charge in [-0.05, 0) is 63.1 Å². The first-order valence-electron chi connectivity index (χ1n) is 8.35. The molecule has 2 rings (SSSR count). The number of amides is 1. The number of benzene rings is 1. The molecule has 1 heterocycles. The number of hydrogen-bond acceptors (Lipinski definition) is 4. The third kappa shape index (κ3) is 4.45. The van der Waals surface area contributed by atoms with Gasteiger partial charge in [0.05, 0.1) is 6.54 Å². The van der Waals surface area contributed by atoms with E-state index < -0.39 is 0 Å². The van der Waals surface area contributed by atoms with Crippen molar-refractivity contribution in [3.05, 3.63) is 45.3 Å². The molecule has 0 saturated heterocycles. The van der Waals surface area contributed by atoms with E-state index in [4.69, 9.17) is 4.42 Å². The highest BCUT2D eigenvalue weighted by Crippen LogP contribution is 2.22. The Balaban J connectivity index is 2.31. The van der Waals surface area contributed by atoms with Crippen molar-refractivity contribution in [3.8, 4) is 0 Å². The Bertz CT molecular complexity index is 793. The summed E-state index contributed by atoms with van der Waals surface area (Å²) < 4.78 is 5.33. The van der Waals surface area contributed by atoms with Crippen molar-refractivity contribution in [1.82, 2.24) is 10.2 Å². The van der Waals surface area contributed by atoms with E-state index in [0.29, 0.717) is 18.7 Å². The molecule has 1 N–H and O–H groups in total. The first-order valence-corrected chi connectivity index (χ1v) is 8.35. The van der Waals surface area contributed by atoms with Gasteiger partial charge >= 0.3 is 5.63 Å². The highest BCUT2D eigenvalue weighted by Gasteiger charge is 2.14. The lowest BCUT2D eigenvalue weighted by Gasteiger charge is -2.21. The molecule has 0 bridgehead atoms. The lowest BCUT2D eigenvalue weighted by molar-refractivity contribution is -0.122. The van der Waals surface area contributed by atoms with Crippen molar-refractivity contribution >= 4 is 16.9 Å². The van der Waals surface area contributed by atoms with Crippen LogP contribution in [0.4, 0.5) is 0 Å². The molecule has 1 aromatic heterocycles. The van der Waals surface area contributed by atoms with Crippen LogP contribution in [-0.2, 0) is 11.3 Å². The van der Waals surface area contributed by atoms with Gasteiger partial charge in [-0.3, -0.25) is 9.69 Å². The average molecular weight is 330 g/mol. The third-order valence-corrected chi connectivity index (χ3v) is 4.10. The minimum absolute atomic E-state index is 0.00820. The predicted molar refractivity (Wildman–Crippen MR) is 96.2 cm³/mol. The van der Waals surface area contributed by atoms with E-state index >= 15 is 0 Å². The molecule has 24 heavy (non-hydrogen) atoms. The first-order chi connectivity index (χ1) is 11.3. The molecular formula is C19H26N2O3. The largest absolute Gasteiger partial charge is 0.423 e. The normalized spacial score (nSPS) is 11.5. The maximum Gasteiger partial charge on any atom is 0.336 e. The van der Waals surface area contributed by atoms with Gasteiger partial charge < -0.3 is 9.73 Å². The fourth-order valence-corrected chi connectivity index (χ4v) is 2.70. The zero-order valence-corrected chi connectivity index (χ0v) is 15.1. The van der Waals surface area contributed by atoms with Crippen molar-refractivity contribution in [2.24, 2.45) is 0 Å². The van der Waals surface area contributed by atoms with Gasteiger partial charge in [0, 0.05) is 24.0 Å². The average Bonchev–Trinajstić information content (AvgIpc) is 2.47. The summed E-state index contributed by atoms with van der Waals surface area (Å²) in [5.41, 5.74) is 3.37. The number of rotatable bonds is 6. The number of nitrogens with one attached hydrogen (secondary N) is 1. The Hall–Kier alpha value is -2.14. The maximum atomic E-state index is 12.0. The number of nitrogens with zero attached hydrogens (tertiary/aromatic N) is 1. The quantitative estimate of drug-likeness (QED) is 0.827. The molecule has 0 radical (unpaired) electrons. The van der Waals surface area contributed by atoms with Gasteiger partial charge in [0.25, 0.3) is 0 Å². The van der Waals surface area contributed by atoms with Crippen molar-refractivity contribution < 1.29 is 9.21 Å². The van der Waals surface area contributed by atoms with Gasteiger partial charge in [-0.1, -0.05) is 6.92 Å². The standard InChI is InChI=1S/C19H26N2O3/c1-6-21(11-18(22)20-12(2)3)10-15-9-19(23)24-17-8-14(5)13(4)7-16(15)17/h7-9,12H,6,10-11H2,1-5H3,(H,20,22). The molecule has 0 saturated carbocycles. The lowest BCUT2D eigenvalue weighted by Crippen LogP contribution is -2.39. The van der Waals surface area contributed by atoms with Gasteiger partial charge in [0.1, 0.15) is 5.58 Å². The van der Waals surface area contributed by atoms with Crippen LogP contribution in [0.2, 0.25) is 0 Å². The number of carbonyl (C=O) groups is 1. The van der Waals surface area contributed by atoms with Crippen molar-refractivity contribution in [2.45, 2.75) is 47.2 Å². The summed E-state index contributed by atoms with van der Waals surface area (Å²) in [6.07, 6.45) is 0. The number of fused-ring (bicyclic) bond motifs is 1. The number of aryl methyl sites for hydroxylation is 2. The Morgan fingerprint density at radius 3 is 2.50 bits per heavy atom. The minimum atomic E-state index is -0.358. The highest BCUT2D eigenvalue weighted by molar-refractivity contribution is 5.82. The van der Waals surface area contributed by atoms with Crippen LogP contribution in [0.1, 0.15) is 37.5 Å². The molecule has 5 heteroatoms. The smallest absolute Gasteiger partial charge is 0.336 e. The van der Waals surface area contributed by atoms with Crippen molar-refractivity contribution in [2.75, 3.05) is 13.1 Å². The molecular weight excluding hydrogens is 304 g/mol. The van der Waals surface area contributed by atoms with Crippen molar-refractivity contribution in [1.29, 1.82) is 0 Å². The molecule has 1 aromatic carbocycles. The Morgan fingerprint density at radius 2 is 1.88 bits per heavy atom. The summed E-state index contributed by atoms with van der Waals surface area (Å²) in [6, 6.07) is 5.59. The number of carbonyl (C=O) groups excluding carboxylic acids is 1. The topological polar surface area (TPSA) is 62.6 Å². The Morgan fingerprint density at radius 1 is 1.21 bits per heavy atom. The number of likely N-dealkylation sites (N-methyl/N-ethyl adjacent to an activating group) is 1. The molecule has 0 fully saturated rings. The number of hydrogen-bond donors (Lipinski definition) is 1. The predicted octanol–water partition coefficient (Wildman–Crippen LogP) is 2.76. The molecule has 0 atom stereocenters. The first kappa shape index (κ1) is 18.2. The summed E-state index contributed by atoms with van der Waals surface area (Å²) in [6.45, 7) is 11.5. The van der Waals surface area contributed by atoms with E-state index in [1.54, 1.807) is 0 Å². The molecule has 1 amide bonds. The van der Waals surface area contributed by atoms with E-state index in [2.05, 4.69) is 5.32 Å². The van der Waals surface area contributed by atoms with Crippen LogP contribution in [0.25, 0.3) is 11.0 Å². The molecule has 0 spiro atoms. The van der Waals surface area contributed by atoms with E-state index in [-0.39, 0.29) is 17.6 Å². The summed E-state index contributed by atoms with van der Waals surface area (Å²) >= 11 is 0. The maximum absolute atomic E-state index is 12.0. The zero-order valence-electron chi connectivity index (χ0n) is 15.1. The summed E-state index contributed by atoms with van der Waals surface area (Å²) in [5.74, 6) is -0.00820. The van der Waals surface area contributed by atoms with Crippen LogP contribution in [-0.4, -0.2) is 29.9 Å². The molecule has 5 nitrogen and oxygen atoms in total. The zero-order chi connectivity index (χ0) is 17.9. The summed E-state index contributed by atoms with van der Waals surface area (Å²) in [4.78, 5) is 25.9. The second kappa shape index (κ2) is 7.62. The lowest BCUT2D eigenvalue weighted by atomic mass is 10.0. The summed E-state index contributed by atoms with van der Waals surface area (Å²) in [7, 11) is 0. The van der Waals surface area contributed by atoms with Crippen LogP contribution in [0.5, 0.6) is 0 Å². The molecule has 130 valence electrons. The second-order valence-corrected chi connectivity index (χ2v) is 6.55. The second-order valence-electron chi connectivity index (χ2n) is 6.55. The van der Waals surface area contributed by atoms with Gasteiger partial charge in [0.2, 0.25) is 5.91 Å². The van der Waals surface area contributed by atoms with Crippen LogP contribution in [0.15, 0.2) is 27.4 Å². The molecule has 0 aliphatic heterocycles. The van der Waals surface area contributed by atoms with Gasteiger partial charge in [-0.2, -0.15) is 0 Å². The van der Waals surface area contributed by atoms with Gasteiger partial charge in [-0.25, -0.2) is 4.79 Å². The third-order valence-electron chi connectivity index (χ3n) is 4.10. The van der Waals surface area contributed by atoms with Crippen LogP contribution < -0.4 is 10.9 Å².